The summed E-state index contributed by atoms with van der Waals surface area (Å²) in [4.78, 5) is 22.8. The molecule has 0 aliphatic heterocycles. The van der Waals surface area contributed by atoms with Crippen LogP contribution in [-0.4, -0.2) is 16.0 Å². The molecular formula is C12H19N3O2. The molecule has 94 valence electrons. The highest BCUT2D eigenvalue weighted by molar-refractivity contribution is 5.76. The van der Waals surface area contributed by atoms with Gasteiger partial charge in [-0.1, -0.05) is 6.92 Å². The molecule has 1 heterocycles. The summed E-state index contributed by atoms with van der Waals surface area (Å²) in [5.41, 5.74) is 5.19. The van der Waals surface area contributed by atoms with Crippen molar-refractivity contribution in [3.05, 3.63) is 28.7 Å². The highest BCUT2D eigenvalue weighted by atomic mass is 16.2. The summed E-state index contributed by atoms with van der Waals surface area (Å²) in [7, 11) is 0. The van der Waals surface area contributed by atoms with Crippen LogP contribution in [0.5, 0.6) is 0 Å². The van der Waals surface area contributed by atoms with Crippen molar-refractivity contribution in [2.75, 3.05) is 5.73 Å². The van der Waals surface area contributed by atoms with Gasteiger partial charge in [-0.25, -0.2) is 0 Å². The lowest BCUT2D eigenvalue weighted by atomic mass is 10.0. The molecule has 5 heteroatoms. The Morgan fingerprint density at radius 3 is 2.71 bits per heavy atom. The first kappa shape index (κ1) is 13.3. The van der Waals surface area contributed by atoms with Gasteiger partial charge in [-0.2, -0.15) is 0 Å². The third-order valence-electron chi connectivity index (χ3n) is 2.69. The minimum absolute atomic E-state index is 0.0973. The molecule has 1 amide bonds. The van der Waals surface area contributed by atoms with Gasteiger partial charge in [-0.3, -0.25) is 9.59 Å². The zero-order valence-electron chi connectivity index (χ0n) is 10.5. The maximum Gasteiger partial charge on any atom is 0.240 e. The predicted octanol–water partition coefficient (Wildman–Crippen LogP) is 0.735. The van der Waals surface area contributed by atoms with E-state index in [9.17, 15) is 9.59 Å². The van der Waals surface area contributed by atoms with E-state index in [1.165, 1.54) is 12.3 Å². The number of aromatic nitrogens is 1. The Morgan fingerprint density at radius 2 is 2.18 bits per heavy atom. The molecule has 1 aromatic heterocycles. The second-order valence-corrected chi connectivity index (χ2v) is 4.72. The molecule has 0 unspecified atom stereocenters. The molecule has 0 saturated carbocycles. The summed E-state index contributed by atoms with van der Waals surface area (Å²) >= 11 is 0. The SMILES string of the molecule is CCC(C)(C)NC(=O)Cn1ccc(=O)c(N)c1. The maximum absolute atomic E-state index is 11.7. The van der Waals surface area contributed by atoms with Gasteiger partial charge in [-0.15, -0.1) is 0 Å². The van der Waals surface area contributed by atoms with Gasteiger partial charge in [0.25, 0.3) is 0 Å². The summed E-state index contributed by atoms with van der Waals surface area (Å²) in [6.07, 6.45) is 3.88. The first-order valence-corrected chi connectivity index (χ1v) is 5.60. The molecule has 0 bridgehead atoms. The van der Waals surface area contributed by atoms with Gasteiger partial charge >= 0.3 is 0 Å². The monoisotopic (exact) mass is 237 g/mol. The molecule has 1 rings (SSSR count). The molecule has 1 aromatic rings. The van der Waals surface area contributed by atoms with Crippen LogP contribution in [0.25, 0.3) is 0 Å². The van der Waals surface area contributed by atoms with E-state index in [2.05, 4.69) is 5.32 Å². The number of nitrogen functional groups attached to an aromatic ring is 1. The minimum atomic E-state index is -0.226. The Morgan fingerprint density at radius 1 is 1.53 bits per heavy atom. The summed E-state index contributed by atoms with van der Waals surface area (Å²) in [5.74, 6) is -0.0973. The molecule has 5 nitrogen and oxygen atoms in total. The maximum atomic E-state index is 11.7. The standard InChI is InChI=1S/C12H19N3O2/c1-4-12(2,3)14-11(17)8-15-6-5-10(16)9(13)7-15/h5-7H,4,8,13H2,1-3H3,(H,14,17). The number of carbonyl (C=O) groups is 1. The number of anilines is 1. The van der Waals surface area contributed by atoms with Crippen molar-refractivity contribution in [1.29, 1.82) is 0 Å². The fourth-order valence-electron chi connectivity index (χ4n) is 1.31. The Balaban J connectivity index is 2.69. The van der Waals surface area contributed by atoms with Crippen LogP contribution in [0.4, 0.5) is 5.69 Å². The van der Waals surface area contributed by atoms with Gasteiger partial charge in [0.2, 0.25) is 11.3 Å². The smallest absolute Gasteiger partial charge is 0.240 e. The first-order chi connectivity index (χ1) is 7.84. The van der Waals surface area contributed by atoms with Gasteiger partial charge in [0, 0.05) is 24.0 Å². The average molecular weight is 237 g/mol. The van der Waals surface area contributed by atoms with Crippen molar-refractivity contribution in [2.45, 2.75) is 39.3 Å². The number of rotatable bonds is 4. The van der Waals surface area contributed by atoms with Crippen LogP contribution >= 0.6 is 0 Å². The van der Waals surface area contributed by atoms with E-state index in [-0.39, 0.29) is 29.1 Å². The van der Waals surface area contributed by atoms with Gasteiger partial charge in [0.15, 0.2) is 0 Å². The average Bonchev–Trinajstić information content (AvgIpc) is 2.23. The first-order valence-electron chi connectivity index (χ1n) is 5.60. The lowest BCUT2D eigenvalue weighted by molar-refractivity contribution is -0.123. The number of pyridine rings is 1. The van der Waals surface area contributed by atoms with Crippen molar-refractivity contribution in [2.24, 2.45) is 0 Å². The third-order valence-corrected chi connectivity index (χ3v) is 2.69. The molecule has 0 spiro atoms. The quantitative estimate of drug-likeness (QED) is 0.810. The highest BCUT2D eigenvalue weighted by Gasteiger charge is 2.17. The summed E-state index contributed by atoms with van der Waals surface area (Å²) in [5, 5.41) is 2.91. The Kier molecular flexibility index (Phi) is 3.93. The third kappa shape index (κ3) is 3.94. The van der Waals surface area contributed by atoms with Crippen LogP contribution < -0.4 is 16.5 Å². The minimum Gasteiger partial charge on any atom is -0.394 e. The predicted molar refractivity (Wildman–Crippen MR) is 67.6 cm³/mol. The lowest BCUT2D eigenvalue weighted by Crippen LogP contribution is -2.44. The van der Waals surface area contributed by atoms with Crippen LogP contribution in [0.1, 0.15) is 27.2 Å². The van der Waals surface area contributed by atoms with Crippen molar-refractivity contribution in [3.63, 3.8) is 0 Å². The molecule has 0 aliphatic carbocycles. The Labute approximate surface area is 101 Å². The number of nitrogens with one attached hydrogen (secondary N) is 1. The van der Waals surface area contributed by atoms with Crippen LogP contribution in [-0.2, 0) is 11.3 Å². The van der Waals surface area contributed by atoms with Crippen molar-refractivity contribution >= 4 is 11.6 Å². The molecule has 0 aliphatic rings. The fraction of sp³-hybridized carbons (Fsp3) is 0.500. The second-order valence-electron chi connectivity index (χ2n) is 4.72. The number of hydrogen-bond acceptors (Lipinski definition) is 3. The number of hydrogen-bond donors (Lipinski definition) is 2. The summed E-state index contributed by atoms with van der Waals surface area (Å²) in [6, 6.07) is 1.35. The van der Waals surface area contributed by atoms with Gasteiger partial charge in [0.05, 0.1) is 5.69 Å². The second kappa shape index (κ2) is 5.03. The van der Waals surface area contributed by atoms with Crippen LogP contribution in [0.2, 0.25) is 0 Å². The molecule has 0 radical (unpaired) electrons. The normalized spacial score (nSPS) is 11.2. The fourth-order valence-corrected chi connectivity index (χ4v) is 1.31. The molecule has 17 heavy (non-hydrogen) atoms. The van der Waals surface area contributed by atoms with Gasteiger partial charge in [0.1, 0.15) is 6.54 Å². The van der Waals surface area contributed by atoms with Crippen LogP contribution in [0, 0.1) is 0 Å². The van der Waals surface area contributed by atoms with Gasteiger partial charge < -0.3 is 15.6 Å². The van der Waals surface area contributed by atoms with Crippen LogP contribution in [0.3, 0.4) is 0 Å². The van der Waals surface area contributed by atoms with Crippen molar-refractivity contribution in [3.8, 4) is 0 Å². The summed E-state index contributed by atoms with van der Waals surface area (Å²) < 4.78 is 1.60. The van der Waals surface area contributed by atoms with Crippen molar-refractivity contribution in [1.82, 2.24) is 9.88 Å². The number of nitrogens with zero attached hydrogens (tertiary/aromatic N) is 1. The number of carbonyl (C=O) groups excluding carboxylic acids is 1. The van der Waals surface area contributed by atoms with Crippen LogP contribution in [0.15, 0.2) is 23.3 Å². The number of amides is 1. The molecular weight excluding hydrogens is 218 g/mol. The van der Waals surface area contributed by atoms with E-state index in [1.54, 1.807) is 10.8 Å². The highest BCUT2D eigenvalue weighted by Crippen LogP contribution is 2.06. The van der Waals surface area contributed by atoms with Crippen molar-refractivity contribution < 1.29 is 4.79 Å². The van der Waals surface area contributed by atoms with E-state index >= 15 is 0 Å². The molecule has 0 saturated heterocycles. The summed E-state index contributed by atoms with van der Waals surface area (Å²) in [6.45, 7) is 6.10. The Hall–Kier alpha value is -1.78. The molecule has 0 aromatic carbocycles. The van der Waals surface area contributed by atoms with E-state index < -0.39 is 0 Å². The zero-order valence-corrected chi connectivity index (χ0v) is 10.5. The lowest BCUT2D eigenvalue weighted by Gasteiger charge is -2.24. The molecule has 0 fully saturated rings. The zero-order chi connectivity index (χ0) is 13.1. The largest absolute Gasteiger partial charge is 0.394 e. The number of nitrogens with two attached hydrogens (primary N) is 1. The van der Waals surface area contributed by atoms with E-state index in [4.69, 9.17) is 5.73 Å². The topological polar surface area (TPSA) is 77.1 Å². The van der Waals surface area contributed by atoms with E-state index in [1.807, 2.05) is 20.8 Å². The van der Waals surface area contributed by atoms with E-state index in [0.29, 0.717) is 0 Å². The van der Waals surface area contributed by atoms with Gasteiger partial charge in [-0.05, 0) is 20.3 Å². The van der Waals surface area contributed by atoms with E-state index in [0.717, 1.165) is 6.42 Å². The Bertz CT molecular complexity index is 463. The molecule has 3 N–H and O–H groups in total. The molecule has 0 atom stereocenters.